The number of benzene rings is 1. The molecule has 6 heteroatoms. The summed E-state index contributed by atoms with van der Waals surface area (Å²) in [7, 11) is 1.97. The van der Waals surface area contributed by atoms with Crippen LogP contribution in [-0.4, -0.2) is 18.6 Å². The summed E-state index contributed by atoms with van der Waals surface area (Å²) in [4.78, 5) is 8.31. The molecule has 1 aromatic carbocycles. The minimum absolute atomic E-state index is 0. The van der Waals surface area contributed by atoms with Crippen LogP contribution in [0, 0.1) is 5.82 Å². The van der Waals surface area contributed by atoms with Crippen LogP contribution in [0.3, 0.4) is 0 Å². The van der Waals surface area contributed by atoms with E-state index < -0.39 is 0 Å². The van der Waals surface area contributed by atoms with Crippen LogP contribution in [0.5, 0.6) is 0 Å². The van der Waals surface area contributed by atoms with Crippen LogP contribution in [0.2, 0.25) is 0 Å². The van der Waals surface area contributed by atoms with Crippen molar-refractivity contribution in [2.75, 3.05) is 9.62 Å². The summed E-state index contributed by atoms with van der Waals surface area (Å²) in [5, 5.41) is 0. The van der Waals surface area contributed by atoms with Crippen molar-refractivity contribution in [3.8, 4) is 0 Å². The third-order valence-electron chi connectivity index (χ3n) is 3.17. The number of nitrogens with zero attached hydrogens (tertiary/aromatic N) is 3. The predicted octanol–water partition coefficient (Wildman–Crippen LogP) is 3.12. The first-order chi connectivity index (χ1) is 9.16. The van der Waals surface area contributed by atoms with Crippen molar-refractivity contribution in [1.82, 2.24) is 4.98 Å². The molecule has 0 bridgehead atoms. The van der Waals surface area contributed by atoms with E-state index in [2.05, 4.69) is 29.7 Å². The van der Waals surface area contributed by atoms with Gasteiger partial charge in [0, 0.05) is 44.1 Å². The standard InChI is InChI=1S/C14H14BFN3.Ir/c1-10(2)18-12-5-3-4-6-13(12)19(15-18)14-9-11(16)7-8-17-14;/h3-10H,1-2H3;. The van der Waals surface area contributed by atoms with E-state index in [1.165, 1.54) is 18.3 Å². The number of rotatable bonds is 2. The topological polar surface area (TPSA) is 19.4 Å². The number of pyridine rings is 1. The van der Waals surface area contributed by atoms with Crippen molar-refractivity contribution in [1.29, 1.82) is 0 Å². The van der Waals surface area contributed by atoms with Crippen LogP contribution >= 0.6 is 0 Å². The number of para-hydroxylation sites is 2. The van der Waals surface area contributed by atoms with Gasteiger partial charge in [-0.15, -0.1) is 0 Å². The molecule has 0 amide bonds. The van der Waals surface area contributed by atoms with Crippen LogP contribution in [0.1, 0.15) is 13.8 Å². The third-order valence-corrected chi connectivity index (χ3v) is 3.17. The molecule has 0 N–H and O–H groups in total. The van der Waals surface area contributed by atoms with E-state index in [4.69, 9.17) is 0 Å². The maximum absolute atomic E-state index is 13.4. The van der Waals surface area contributed by atoms with Gasteiger partial charge in [-0.25, -0.2) is 9.37 Å². The first-order valence-electron chi connectivity index (χ1n) is 6.30. The van der Waals surface area contributed by atoms with Gasteiger partial charge in [-0.05, 0) is 32.0 Å². The molecule has 2 aromatic rings. The Morgan fingerprint density at radius 2 is 1.85 bits per heavy atom. The molecule has 0 aliphatic carbocycles. The summed E-state index contributed by atoms with van der Waals surface area (Å²) in [5.41, 5.74) is 2.14. The quantitative estimate of drug-likeness (QED) is 0.662. The molecule has 0 saturated carbocycles. The minimum atomic E-state index is -0.279. The molecule has 20 heavy (non-hydrogen) atoms. The van der Waals surface area contributed by atoms with Gasteiger partial charge >= 0.3 is 7.55 Å². The first kappa shape index (κ1) is 15.0. The van der Waals surface area contributed by atoms with E-state index in [-0.39, 0.29) is 25.9 Å². The van der Waals surface area contributed by atoms with Gasteiger partial charge in [0.15, 0.2) is 0 Å². The molecular formula is C14H14BFIrN3. The van der Waals surface area contributed by atoms with Gasteiger partial charge in [-0.3, -0.25) is 0 Å². The second kappa shape index (κ2) is 5.94. The van der Waals surface area contributed by atoms with Crippen LogP contribution in [0.25, 0.3) is 0 Å². The monoisotopic (exact) mass is 447 g/mol. The van der Waals surface area contributed by atoms with Gasteiger partial charge < -0.3 is 9.62 Å². The fourth-order valence-electron chi connectivity index (χ4n) is 2.25. The summed E-state index contributed by atoms with van der Waals surface area (Å²) >= 11 is 0. The van der Waals surface area contributed by atoms with Gasteiger partial charge in [0.25, 0.3) is 0 Å². The average Bonchev–Trinajstić information content (AvgIpc) is 2.78. The fraction of sp³-hybridized carbons (Fsp3) is 0.214. The van der Waals surface area contributed by atoms with E-state index in [1.807, 2.05) is 30.6 Å². The van der Waals surface area contributed by atoms with Crippen LogP contribution < -0.4 is 9.62 Å². The number of anilines is 3. The van der Waals surface area contributed by atoms with Crippen molar-refractivity contribution in [2.24, 2.45) is 0 Å². The van der Waals surface area contributed by atoms with Crippen molar-refractivity contribution >= 4 is 24.7 Å². The number of hydrogen-bond acceptors (Lipinski definition) is 3. The summed E-state index contributed by atoms with van der Waals surface area (Å²) in [6.45, 7) is 4.24. The smallest absolute Gasteiger partial charge is 0.395 e. The summed E-state index contributed by atoms with van der Waals surface area (Å²) in [6, 6.07) is 11.2. The predicted molar refractivity (Wildman–Crippen MR) is 76.1 cm³/mol. The molecule has 2 radical (unpaired) electrons. The number of halogens is 1. The van der Waals surface area contributed by atoms with Gasteiger partial charge in [-0.1, -0.05) is 12.1 Å². The first-order valence-corrected chi connectivity index (χ1v) is 6.30. The van der Waals surface area contributed by atoms with Gasteiger partial charge in [0.1, 0.15) is 11.6 Å². The third kappa shape index (κ3) is 2.58. The Morgan fingerprint density at radius 1 is 1.15 bits per heavy atom. The Hall–Kier alpha value is -1.39. The molecule has 0 saturated heterocycles. The zero-order chi connectivity index (χ0) is 13.4. The summed E-state index contributed by atoms with van der Waals surface area (Å²) < 4.78 is 13.4. The molecule has 0 spiro atoms. The molecule has 2 heterocycles. The van der Waals surface area contributed by atoms with E-state index in [9.17, 15) is 4.39 Å². The normalized spacial score (nSPS) is 13.0. The largest absolute Gasteiger partial charge is 0.397 e. The van der Waals surface area contributed by atoms with Gasteiger partial charge in [0.05, 0.1) is 5.69 Å². The van der Waals surface area contributed by atoms with E-state index in [0.29, 0.717) is 11.9 Å². The molecule has 1 aliphatic rings. The summed E-state index contributed by atoms with van der Waals surface area (Å²) in [5.74, 6) is 0.314. The second-order valence-corrected chi connectivity index (χ2v) is 4.81. The van der Waals surface area contributed by atoms with Gasteiger partial charge in [0.2, 0.25) is 0 Å². The average molecular weight is 446 g/mol. The van der Waals surface area contributed by atoms with Gasteiger partial charge in [-0.2, -0.15) is 0 Å². The van der Waals surface area contributed by atoms with Crippen LogP contribution in [-0.2, 0) is 20.1 Å². The Morgan fingerprint density at radius 3 is 2.50 bits per heavy atom. The minimum Gasteiger partial charge on any atom is -0.395 e. The molecule has 1 aromatic heterocycles. The number of fused-ring (bicyclic) bond motifs is 1. The molecule has 0 unspecified atom stereocenters. The molecule has 1 aliphatic heterocycles. The molecule has 3 nitrogen and oxygen atoms in total. The molecule has 104 valence electrons. The Bertz CT molecular complexity index is 608. The van der Waals surface area contributed by atoms with Crippen molar-refractivity contribution in [3.05, 3.63) is 48.4 Å². The van der Waals surface area contributed by atoms with Crippen LogP contribution in [0.15, 0.2) is 42.6 Å². The van der Waals surface area contributed by atoms with E-state index >= 15 is 0 Å². The van der Waals surface area contributed by atoms with E-state index in [1.54, 1.807) is 0 Å². The zero-order valence-corrected chi connectivity index (χ0v) is 13.6. The van der Waals surface area contributed by atoms with Crippen molar-refractivity contribution in [3.63, 3.8) is 0 Å². The maximum atomic E-state index is 13.4. The molecular weight excluding hydrogens is 432 g/mol. The van der Waals surface area contributed by atoms with Crippen LogP contribution in [0.4, 0.5) is 21.6 Å². The zero-order valence-electron chi connectivity index (χ0n) is 11.2. The second-order valence-electron chi connectivity index (χ2n) is 4.81. The number of hydrogen-bond donors (Lipinski definition) is 0. The summed E-state index contributed by atoms with van der Waals surface area (Å²) in [6.07, 6.45) is 1.49. The fourth-order valence-corrected chi connectivity index (χ4v) is 2.25. The Balaban J connectivity index is 0.00000147. The van der Waals surface area contributed by atoms with E-state index in [0.717, 1.165) is 11.4 Å². The van der Waals surface area contributed by atoms with Crippen molar-refractivity contribution < 1.29 is 24.5 Å². The molecule has 0 atom stereocenters. The SMILES string of the molecule is CC(C)N1[B]N(c2cc(F)ccn2)c2ccccc21.[Ir]. The Labute approximate surface area is 132 Å². The Kier molecular flexibility index (Phi) is 4.46. The van der Waals surface area contributed by atoms with Crippen molar-refractivity contribution in [2.45, 2.75) is 19.9 Å². The molecule has 0 fully saturated rings. The molecule has 3 rings (SSSR count). The maximum Gasteiger partial charge on any atom is 0.397 e. The number of aromatic nitrogens is 1.